The Bertz CT molecular complexity index is 637. The molecule has 0 bridgehead atoms. The standard InChI is InChI=1S/C15H26N4O3S/c1-3-23(20,21)17-6-4-14-5-7-22-15(14)11-19(12-15)10-13-8-16-18(2)9-13/h8-9,14,17H,3-7,10-12H2,1-2H3/t14-/m1/s1. The van der Waals surface area contributed by atoms with Gasteiger partial charge in [0, 0.05) is 51.6 Å². The normalized spacial score (nSPS) is 24.2. The quantitative estimate of drug-likeness (QED) is 0.773. The predicted molar refractivity (Wildman–Crippen MR) is 87.4 cm³/mol. The average Bonchev–Trinajstić information content (AvgIpc) is 3.06. The summed E-state index contributed by atoms with van der Waals surface area (Å²) < 4.78 is 33.6. The number of nitrogens with one attached hydrogen (secondary N) is 1. The largest absolute Gasteiger partial charge is 0.372 e. The van der Waals surface area contributed by atoms with Crippen LogP contribution in [0.3, 0.4) is 0 Å². The first-order chi connectivity index (χ1) is 10.9. The molecule has 2 aliphatic rings. The lowest BCUT2D eigenvalue weighted by molar-refractivity contribution is -0.136. The molecule has 2 saturated heterocycles. The zero-order valence-corrected chi connectivity index (χ0v) is 14.7. The van der Waals surface area contributed by atoms with Crippen molar-refractivity contribution in [3.63, 3.8) is 0 Å². The van der Waals surface area contributed by atoms with Crippen LogP contribution in [0.1, 0.15) is 25.3 Å². The lowest BCUT2D eigenvalue weighted by Gasteiger charge is -2.50. The summed E-state index contributed by atoms with van der Waals surface area (Å²) in [6.07, 6.45) is 5.81. The molecule has 2 aliphatic heterocycles. The van der Waals surface area contributed by atoms with Gasteiger partial charge in [0.15, 0.2) is 0 Å². The SMILES string of the molecule is CCS(=O)(=O)NCC[C@@H]1CCOC12CN(Cc1cnn(C)c1)C2. The minimum absolute atomic E-state index is 0.0696. The minimum atomic E-state index is -3.10. The molecule has 0 saturated carbocycles. The number of hydrogen-bond acceptors (Lipinski definition) is 5. The summed E-state index contributed by atoms with van der Waals surface area (Å²) in [7, 11) is -1.17. The van der Waals surface area contributed by atoms with Gasteiger partial charge in [-0.15, -0.1) is 0 Å². The van der Waals surface area contributed by atoms with E-state index in [1.165, 1.54) is 5.56 Å². The smallest absolute Gasteiger partial charge is 0.211 e. The van der Waals surface area contributed by atoms with E-state index in [9.17, 15) is 8.42 Å². The zero-order valence-electron chi connectivity index (χ0n) is 13.9. The molecule has 1 aromatic rings. The number of nitrogens with zero attached hydrogens (tertiary/aromatic N) is 3. The molecule has 1 aromatic heterocycles. The van der Waals surface area contributed by atoms with Crippen LogP contribution >= 0.6 is 0 Å². The number of likely N-dealkylation sites (tertiary alicyclic amines) is 1. The van der Waals surface area contributed by atoms with E-state index in [2.05, 4.69) is 14.7 Å². The van der Waals surface area contributed by atoms with E-state index in [1.807, 2.05) is 24.1 Å². The summed E-state index contributed by atoms with van der Waals surface area (Å²) >= 11 is 0. The maximum Gasteiger partial charge on any atom is 0.211 e. The Hall–Kier alpha value is -0.960. The van der Waals surface area contributed by atoms with Gasteiger partial charge in [0.1, 0.15) is 0 Å². The third-order valence-corrected chi connectivity index (χ3v) is 6.35. The molecule has 1 atom stereocenters. The molecule has 0 unspecified atom stereocenters. The molecule has 23 heavy (non-hydrogen) atoms. The van der Waals surface area contributed by atoms with Crippen LogP contribution in [0.4, 0.5) is 0 Å². The molecule has 130 valence electrons. The van der Waals surface area contributed by atoms with Gasteiger partial charge in [-0.05, 0) is 25.7 Å². The number of sulfonamides is 1. The Morgan fingerprint density at radius 1 is 1.48 bits per heavy atom. The topological polar surface area (TPSA) is 76.5 Å². The van der Waals surface area contributed by atoms with Crippen LogP contribution < -0.4 is 4.72 Å². The highest BCUT2D eigenvalue weighted by atomic mass is 32.2. The lowest BCUT2D eigenvalue weighted by atomic mass is 9.79. The summed E-state index contributed by atoms with van der Waals surface area (Å²) in [5, 5.41) is 4.20. The van der Waals surface area contributed by atoms with E-state index in [0.717, 1.165) is 39.1 Å². The van der Waals surface area contributed by atoms with Crippen LogP contribution in [0.15, 0.2) is 12.4 Å². The summed E-state index contributed by atoms with van der Waals surface area (Å²) in [4.78, 5) is 2.37. The molecule has 0 radical (unpaired) electrons. The molecule has 1 spiro atoms. The second-order valence-corrected chi connectivity index (χ2v) is 8.75. The number of aryl methyl sites for hydroxylation is 1. The molecular weight excluding hydrogens is 316 g/mol. The summed E-state index contributed by atoms with van der Waals surface area (Å²) in [5.74, 6) is 0.574. The van der Waals surface area contributed by atoms with E-state index in [4.69, 9.17) is 4.74 Å². The molecular formula is C15H26N4O3S. The van der Waals surface area contributed by atoms with Crippen molar-refractivity contribution in [1.29, 1.82) is 0 Å². The lowest BCUT2D eigenvalue weighted by Crippen LogP contribution is -2.64. The Morgan fingerprint density at radius 2 is 2.26 bits per heavy atom. The van der Waals surface area contributed by atoms with Crippen molar-refractivity contribution in [1.82, 2.24) is 19.4 Å². The van der Waals surface area contributed by atoms with Gasteiger partial charge >= 0.3 is 0 Å². The average molecular weight is 342 g/mol. The number of ether oxygens (including phenoxy) is 1. The molecule has 0 amide bonds. The highest BCUT2D eigenvalue weighted by Crippen LogP contribution is 2.41. The molecule has 7 nitrogen and oxygen atoms in total. The van der Waals surface area contributed by atoms with Crippen molar-refractivity contribution < 1.29 is 13.2 Å². The fraction of sp³-hybridized carbons (Fsp3) is 0.800. The molecule has 0 aliphatic carbocycles. The second-order valence-electron chi connectivity index (χ2n) is 6.65. The van der Waals surface area contributed by atoms with Gasteiger partial charge in [0.05, 0.1) is 17.6 Å². The van der Waals surface area contributed by atoms with E-state index < -0.39 is 10.0 Å². The van der Waals surface area contributed by atoms with Crippen molar-refractivity contribution in [2.75, 3.05) is 32.0 Å². The van der Waals surface area contributed by atoms with Crippen LogP contribution in [0, 0.1) is 5.92 Å². The Balaban J connectivity index is 1.48. The first-order valence-corrected chi connectivity index (χ1v) is 9.89. The van der Waals surface area contributed by atoms with Gasteiger partial charge in [-0.3, -0.25) is 9.58 Å². The zero-order chi connectivity index (χ0) is 16.5. The number of rotatable bonds is 7. The molecule has 2 fully saturated rings. The molecule has 3 heterocycles. The molecule has 0 aromatic carbocycles. The van der Waals surface area contributed by atoms with Gasteiger partial charge < -0.3 is 4.74 Å². The maximum atomic E-state index is 11.5. The first-order valence-electron chi connectivity index (χ1n) is 8.24. The summed E-state index contributed by atoms with van der Waals surface area (Å²) in [6.45, 7) is 5.69. The van der Waals surface area contributed by atoms with Gasteiger partial charge in [-0.1, -0.05) is 0 Å². The number of hydrogen-bond donors (Lipinski definition) is 1. The summed E-state index contributed by atoms with van der Waals surface area (Å²) in [5.41, 5.74) is 1.15. The molecule has 3 rings (SSSR count). The van der Waals surface area contributed by atoms with Crippen molar-refractivity contribution in [3.8, 4) is 0 Å². The van der Waals surface area contributed by atoms with Crippen molar-refractivity contribution in [2.24, 2.45) is 13.0 Å². The van der Waals surface area contributed by atoms with Crippen molar-refractivity contribution in [3.05, 3.63) is 18.0 Å². The Morgan fingerprint density at radius 3 is 2.91 bits per heavy atom. The van der Waals surface area contributed by atoms with Crippen LogP contribution in [0.5, 0.6) is 0 Å². The van der Waals surface area contributed by atoms with Gasteiger partial charge in [-0.25, -0.2) is 13.1 Å². The monoisotopic (exact) mass is 342 g/mol. The van der Waals surface area contributed by atoms with Crippen LogP contribution in [-0.4, -0.2) is 60.7 Å². The fourth-order valence-corrected chi connectivity index (χ4v) is 4.30. The predicted octanol–water partition coefficient (Wildman–Crippen LogP) is 0.340. The highest BCUT2D eigenvalue weighted by Gasteiger charge is 2.52. The molecule has 8 heteroatoms. The van der Waals surface area contributed by atoms with Gasteiger partial charge in [0.25, 0.3) is 0 Å². The second kappa shape index (κ2) is 6.51. The molecule has 1 N–H and O–H groups in total. The fourth-order valence-electron chi connectivity index (χ4n) is 3.67. The van der Waals surface area contributed by atoms with Crippen molar-refractivity contribution in [2.45, 2.75) is 31.9 Å². The Labute approximate surface area is 138 Å². The van der Waals surface area contributed by atoms with Gasteiger partial charge in [0.2, 0.25) is 10.0 Å². The van der Waals surface area contributed by atoms with Crippen LogP contribution in [0.2, 0.25) is 0 Å². The highest BCUT2D eigenvalue weighted by molar-refractivity contribution is 7.89. The van der Waals surface area contributed by atoms with E-state index in [-0.39, 0.29) is 11.4 Å². The Kier molecular flexibility index (Phi) is 4.78. The van der Waals surface area contributed by atoms with E-state index in [0.29, 0.717) is 12.5 Å². The summed E-state index contributed by atoms with van der Waals surface area (Å²) in [6, 6.07) is 0. The van der Waals surface area contributed by atoms with E-state index >= 15 is 0 Å². The maximum absolute atomic E-state index is 11.5. The van der Waals surface area contributed by atoms with Gasteiger partial charge in [-0.2, -0.15) is 5.10 Å². The third-order valence-electron chi connectivity index (χ3n) is 4.94. The third kappa shape index (κ3) is 3.76. The van der Waals surface area contributed by atoms with Crippen LogP contribution in [0.25, 0.3) is 0 Å². The number of aromatic nitrogens is 2. The van der Waals surface area contributed by atoms with Crippen molar-refractivity contribution >= 4 is 10.0 Å². The van der Waals surface area contributed by atoms with E-state index in [1.54, 1.807) is 6.92 Å². The first kappa shape index (κ1) is 16.9. The van der Waals surface area contributed by atoms with Crippen LogP contribution in [-0.2, 0) is 28.4 Å². The minimum Gasteiger partial charge on any atom is -0.372 e.